The molecule has 130 valence electrons. The van der Waals surface area contributed by atoms with E-state index in [-0.39, 0.29) is 16.4 Å². The monoisotopic (exact) mass is 346 g/mol. The Morgan fingerprint density at radius 1 is 1.21 bits per heavy atom. The summed E-state index contributed by atoms with van der Waals surface area (Å²) >= 11 is 0. The van der Waals surface area contributed by atoms with E-state index < -0.39 is 33.7 Å². The minimum Gasteiger partial charge on any atom is -0.301 e. The third-order valence-corrected chi connectivity index (χ3v) is 2.57. The standard InChI is InChI=1S/C11H7F3N4O4.C2H6/c12-11(13,14)8-5-9(19)17(10(20)15-8)16-6-3-1-2-4-7(6)18(21)22;1-2/h1-5,16H,(H,15,20);1-2H3. The molecule has 0 aliphatic carbocycles. The molecule has 24 heavy (non-hydrogen) atoms. The van der Waals surface area contributed by atoms with Gasteiger partial charge in [-0.3, -0.25) is 20.3 Å². The van der Waals surface area contributed by atoms with Gasteiger partial charge in [0.05, 0.1) is 4.92 Å². The predicted octanol–water partition coefficient (Wildman–Crippen LogP) is 2.37. The van der Waals surface area contributed by atoms with Gasteiger partial charge in [-0.05, 0) is 6.07 Å². The molecule has 2 N–H and O–H groups in total. The lowest BCUT2D eigenvalue weighted by Crippen LogP contribution is -2.41. The van der Waals surface area contributed by atoms with Crippen molar-refractivity contribution in [2.45, 2.75) is 20.0 Å². The second-order valence-electron chi connectivity index (χ2n) is 4.05. The van der Waals surface area contributed by atoms with E-state index >= 15 is 0 Å². The minimum atomic E-state index is -4.89. The van der Waals surface area contributed by atoms with Gasteiger partial charge in [0.2, 0.25) is 0 Å². The molecule has 1 heterocycles. The van der Waals surface area contributed by atoms with Crippen LogP contribution in [0.15, 0.2) is 39.9 Å². The molecule has 2 aromatic rings. The highest BCUT2D eigenvalue weighted by Crippen LogP contribution is 2.26. The van der Waals surface area contributed by atoms with Gasteiger partial charge in [-0.25, -0.2) is 4.79 Å². The molecule has 0 atom stereocenters. The molecule has 0 unspecified atom stereocenters. The smallest absolute Gasteiger partial charge is 0.301 e. The first kappa shape index (κ1) is 18.9. The van der Waals surface area contributed by atoms with Gasteiger partial charge in [0.1, 0.15) is 11.4 Å². The molecule has 1 aromatic carbocycles. The number of rotatable bonds is 3. The molecule has 1 aromatic heterocycles. The summed E-state index contributed by atoms with van der Waals surface area (Å²) in [5.74, 6) is 0. The molecule has 0 radical (unpaired) electrons. The quantitative estimate of drug-likeness (QED) is 0.655. The van der Waals surface area contributed by atoms with Crippen molar-refractivity contribution in [3.8, 4) is 0 Å². The summed E-state index contributed by atoms with van der Waals surface area (Å²) in [5.41, 5.74) is -2.78. The number of nitrogens with one attached hydrogen (secondary N) is 2. The van der Waals surface area contributed by atoms with Crippen LogP contribution in [-0.4, -0.2) is 14.6 Å². The van der Waals surface area contributed by atoms with Crippen LogP contribution in [0, 0.1) is 10.1 Å². The maximum absolute atomic E-state index is 12.4. The van der Waals surface area contributed by atoms with Crippen LogP contribution in [0.25, 0.3) is 0 Å². The summed E-state index contributed by atoms with van der Waals surface area (Å²) in [6, 6.07) is 5.21. The number of aromatic amines is 1. The van der Waals surface area contributed by atoms with E-state index in [2.05, 4.69) is 5.43 Å². The van der Waals surface area contributed by atoms with E-state index in [1.54, 1.807) is 0 Å². The average Bonchev–Trinajstić information content (AvgIpc) is 2.52. The number of nitrogens with zero attached hydrogens (tertiary/aromatic N) is 2. The summed E-state index contributed by atoms with van der Waals surface area (Å²) in [6.07, 6.45) is -4.89. The number of H-pyrrole nitrogens is 1. The summed E-state index contributed by atoms with van der Waals surface area (Å²) < 4.78 is 37.6. The first-order valence-corrected chi connectivity index (χ1v) is 6.64. The van der Waals surface area contributed by atoms with Gasteiger partial charge in [-0.2, -0.15) is 17.8 Å². The lowest BCUT2D eigenvalue weighted by atomic mass is 10.3. The predicted molar refractivity (Wildman–Crippen MR) is 79.8 cm³/mol. The highest BCUT2D eigenvalue weighted by molar-refractivity contribution is 5.60. The van der Waals surface area contributed by atoms with Crippen molar-refractivity contribution >= 4 is 11.4 Å². The Balaban J connectivity index is 0.00000139. The maximum Gasteiger partial charge on any atom is 0.431 e. The van der Waals surface area contributed by atoms with Crippen molar-refractivity contribution in [1.29, 1.82) is 0 Å². The van der Waals surface area contributed by atoms with Crippen LogP contribution in [0.5, 0.6) is 0 Å². The Morgan fingerprint density at radius 2 is 1.79 bits per heavy atom. The molecule has 0 fully saturated rings. The lowest BCUT2D eigenvalue weighted by molar-refractivity contribution is -0.384. The van der Waals surface area contributed by atoms with E-state index in [4.69, 9.17) is 0 Å². The number of nitro groups is 1. The Bertz CT molecular complexity index is 811. The van der Waals surface area contributed by atoms with Crippen LogP contribution >= 0.6 is 0 Å². The van der Waals surface area contributed by atoms with Gasteiger partial charge in [0.25, 0.3) is 11.2 Å². The summed E-state index contributed by atoms with van der Waals surface area (Å²) in [6.45, 7) is 4.00. The summed E-state index contributed by atoms with van der Waals surface area (Å²) in [4.78, 5) is 34.7. The first-order chi connectivity index (χ1) is 11.2. The minimum absolute atomic E-state index is 0.170. The zero-order valence-electron chi connectivity index (χ0n) is 12.5. The Labute approximate surface area is 132 Å². The van der Waals surface area contributed by atoms with Gasteiger partial charge in [-0.15, -0.1) is 0 Å². The van der Waals surface area contributed by atoms with Crippen molar-refractivity contribution in [2.75, 3.05) is 5.43 Å². The van der Waals surface area contributed by atoms with E-state index in [9.17, 15) is 32.9 Å². The SMILES string of the molecule is CC.O=c1cc(C(F)(F)F)[nH]c(=O)n1Nc1ccccc1[N+](=O)[O-]. The van der Waals surface area contributed by atoms with Crippen molar-refractivity contribution in [3.63, 3.8) is 0 Å². The van der Waals surface area contributed by atoms with E-state index in [0.717, 1.165) is 6.07 Å². The number of anilines is 1. The number of nitro benzene ring substituents is 1. The fourth-order valence-electron chi connectivity index (χ4n) is 1.60. The van der Waals surface area contributed by atoms with Gasteiger partial charge in [0.15, 0.2) is 0 Å². The molecule has 0 amide bonds. The van der Waals surface area contributed by atoms with E-state index in [1.165, 1.54) is 23.2 Å². The molecule has 2 rings (SSSR count). The van der Waals surface area contributed by atoms with Gasteiger partial charge >= 0.3 is 11.9 Å². The van der Waals surface area contributed by atoms with Crippen LogP contribution in [-0.2, 0) is 6.18 Å². The first-order valence-electron chi connectivity index (χ1n) is 6.64. The molecular weight excluding hydrogens is 333 g/mol. The molecular formula is C13H13F3N4O4. The van der Waals surface area contributed by atoms with Crippen molar-refractivity contribution < 1.29 is 18.1 Å². The van der Waals surface area contributed by atoms with Crippen molar-refractivity contribution in [3.05, 3.63) is 67.0 Å². The zero-order valence-corrected chi connectivity index (χ0v) is 12.5. The second-order valence-corrected chi connectivity index (χ2v) is 4.05. The molecule has 0 saturated heterocycles. The number of para-hydroxylation sites is 2. The third kappa shape index (κ3) is 4.21. The number of halogens is 3. The highest BCUT2D eigenvalue weighted by atomic mass is 19.4. The molecule has 0 aliphatic rings. The molecule has 0 spiro atoms. The number of hydrogen-bond donors (Lipinski definition) is 2. The summed E-state index contributed by atoms with van der Waals surface area (Å²) in [7, 11) is 0. The molecule has 0 aliphatic heterocycles. The van der Waals surface area contributed by atoms with Crippen molar-refractivity contribution in [1.82, 2.24) is 9.66 Å². The van der Waals surface area contributed by atoms with Crippen LogP contribution in [0.4, 0.5) is 24.5 Å². The molecule has 0 saturated carbocycles. The Morgan fingerprint density at radius 3 is 2.29 bits per heavy atom. The van der Waals surface area contributed by atoms with Crippen LogP contribution < -0.4 is 16.7 Å². The number of alkyl halides is 3. The molecule has 8 nitrogen and oxygen atoms in total. The van der Waals surface area contributed by atoms with E-state index in [0.29, 0.717) is 0 Å². The van der Waals surface area contributed by atoms with Gasteiger partial charge in [0, 0.05) is 12.1 Å². The van der Waals surface area contributed by atoms with Gasteiger partial charge < -0.3 is 4.98 Å². The molecule has 11 heteroatoms. The lowest BCUT2D eigenvalue weighted by Gasteiger charge is -2.10. The van der Waals surface area contributed by atoms with Crippen LogP contribution in [0.2, 0.25) is 0 Å². The fourth-order valence-corrected chi connectivity index (χ4v) is 1.60. The number of aromatic nitrogens is 2. The summed E-state index contributed by atoms with van der Waals surface area (Å²) in [5, 5.41) is 10.8. The Hall–Kier alpha value is -3.11. The van der Waals surface area contributed by atoms with Gasteiger partial charge in [-0.1, -0.05) is 26.0 Å². The number of benzene rings is 1. The maximum atomic E-state index is 12.4. The normalized spacial score (nSPS) is 10.5. The topological polar surface area (TPSA) is 110 Å². The Kier molecular flexibility index (Phi) is 5.87. The van der Waals surface area contributed by atoms with E-state index in [1.807, 2.05) is 13.8 Å². The third-order valence-electron chi connectivity index (χ3n) is 2.57. The van der Waals surface area contributed by atoms with Crippen molar-refractivity contribution in [2.24, 2.45) is 0 Å². The van der Waals surface area contributed by atoms with Crippen LogP contribution in [0.1, 0.15) is 19.5 Å². The molecule has 0 bridgehead atoms. The highest BCUT2D eigenvalue weighted by Gasteiger charge is 2.33. The fraction of sp³-hybridized carbons (Fsp3) is 0.231. The zero-order chi connectivity index (χ0) is 18.5. The van der Waals surface area contributed by atoms with Crippen LogP contribution in [0.3, 0.4) is 0 Å². The largest absolute Gasteiger partial charge is 0.431 e. The number of hydrogen-bond acceptors (Lipinski definition) is 5. The second kappa shape index (κ2) is 7.44. The average molecular weight is 346 g/mol.